The van der Waals surface area contributed by atoms with E-state index in [1.165, 1.54) is 111 Å². The van der Waals surface area contributed by atoms with Crippen LogP contribution in [0.5, 0.6) is 11.5 Å². The molecule has 0 bridgehead atoms. The van der Waals surface area contributed by atoms with E-state index < -0.39 is 16.6 Å². The van der Waals surface area contributed by atoms with E-state index in [9.17, 15) is 4.79 Å². The lowest BCUT2D eigenvalue weighted by molar-refractivity contribution is -0.131. The molecule has 1 unspecified atom stereocenters. The maximum Gasteiger partial charge on any atom is 0.308 e. The monoisotopic (exact) mass is 725 g/mol. The Labute approximate surface area is 311 Å². The molecule has 0 aromatic heterocycles. The molecule has 50 heavy (non-hydrogen) atoms. The zero-order valence-corrected chi connectivity index (χ0v) is 37.2. The summed E-state index contributed by atoms with van der Waals surface area (Å²) < 4.78 is 18.5. The molecule has 0 heterocycles. The standard InChI is InChI=1S/C44H76O4Si2/c1-16-17-27-49(12,13)48-50(14,15)28-25-23-21-19-18-20-22-24-26-36(37-31-39(43(5,6)7)41(46-11)29-33(37)2)38-32-40(44(8,9)10)42(30-34(38)3)47-35(4)45/h29-32,36H,16-28H2,1-15H3. The second-order valence-electron chi connectivity index (χ2n) is 18.4. The fraction of sp³-hybridized carbons (Fsp3) is 0.705. The Bertz CT molecular complexity index is 1360. The number of ether oxygens (including phenoxy) is 2. The molecule has 0 aliphatic carbocycles. The van der Waals surface area contributed by atoms with Crippen molar-refractivity contribution in [3.05, 3.63) is 57.6 Å². The van der Waals surface area contributed by atoms with E-state index in [-0.39, 0.29) is 22.7 Å². The van der Waals surface area contributed by atoms with Crippen LogP contribution in [-0.2, 0) is 19.7 Å². The number of hydrogen-bond donors (Lipinski definition) is 0. The molecule has 0 spiro atoms. The molecular weight excluding hydrogens is 649 g/mol. The maximum absolute atomic E-state index is 12.1. The number of rotatable bonds is 20. The molecule has 2 aromatic carbocycles. The summed E-state index contributed by atoms with van der Waals surface area (Å²) in [6.07, 6.45) is 14.1. The molecule has 1 atom stereocenters. The van der Waals surface area contributed by atoms with Gasteiger partial charge in [0.1, 0.15) is 11.5 Å². The Morgan fingerprint density at radius 2 is 1.08 bits per heavy atom. The second-order valence-corrected chi connectivity index (χ2v) is 27.2. The lowest BCUT2D eigenvalue weighted by atomic mass is 9.76. The van der Waals surface area contributed by atoms with Gasteiger partial charge in [0.15, 0.2) is 16.6 Å². The summed E-state index contributed by atoms with van der Waals surface area (Å²) in [6, 6.07) is 11.7. The van der Waals surface area contributed by atoms with Gasteiger partial charge in [0.25, 0.3) is 0 Å². The molecule has 2 rings (SSSR count). The first-order chi connectivity index (χ1) is 23.1. The fourth-order valence-corrected chi connectivity index (χ4v) is 16.7. The van der Waals surface area contributed by atoms with Crippen LogP contribution in [0.25, 0.3) is 0 Å². The average Bonchev–Trinajstić information content (AvgIpc) is 2.97. The Hall–Kier alpha value is -1.90. The van der Waals surface area contributed by atoms with E-state index in [1.807, 2.05) is 0 Å². The van der Waals surface area contributed by atoms with Crippen molar-refractivity contribution in [1.29, 1.82) is 0 Å². The molecule has 2 aromatic rings. The molecule has 0 amide bonds. The predicted octanol–water partition coefficient (Wildman–Crippen LogP) is 13.7. The molecule has 0 saturated carbocycles. The molecule has 0 aliphatic rings. The minimum Gasteiger partial charge on any atom is -0.496 e. The van der Waals surface area contributed by atoms with Crippen molar-refractivity contribution in [3.8, 4) is 11.5 Å². The zero-order valence-electron chi connectivity index (χ0n) is 35.2. The Balaban J connectivity index is 2.15. The van der Waals surface area contributed by atoms with Crippen LogP contribution in [0.15, 0.2) is 24.3 Å². The van der Waals surface area contributed by atoms with Gasteiger partial charge < -0.3 is 13.6 Å². The maximum atomic E-state index is 12.1. The van der Waals surface area contributed by atoms with Gasteiger partial charge in [-0.25, -0.2) is 0 Å². The van der Waals surface area contributed by atoms with Crippen LogP contribution in [-0.4, -0.2) is 29.7 Å². The van der Waals surface area contributed by atoms with Gasteiger partial charge in [-0.2, -0.15) is 0 Å². The summed E-state index contributed by atoms with van der Waals surface area (Å²) in [6.45, 7) is 31.3. The minimum atomic E-state index is -1.56. The molecule has 284 valence electrons. The highest BCUT2D eigenvalue weighted by Gasteiger charge is 2.32. The van der Waals surface area contributed by atoms with Crippen LogP contribution in [0, 0.1) is 13.8 Å². The molecule has 0 fully saturated rings. The van der Waals surface area contributed by atoms with Crippen LogP contribution in [0.3, 0.4) is 0 Å². The molecular formula is C44H76O4Si2. The number of aryl methyl sites for hydroxylation is 2. The third kappa shape index (κ3) is 14.3. The highest BCUT2D eigenvalue weighted by molar-refractivity contribution is 6.84. The van der Waals surface area contributed by atoms with Crippen LogP contribution in [0.2, 0.25) is 38.3 Å². The number of hydrogen-bond acceptors (Lipinski definition) is 4. The number of carbonyl (C=O) groups excluding carboxylic acids is 1. The summed E-state index contributed by atoms with van der Waals surface area (Å²) in [5.74, 6) is 1.62. The summed E-state index contributed by atoms with van der Waals surface area (Å²) in [7, 11) is -1.29. The van der Waals surface area contributed by atoms with Gasteiger partial charge in [-0.15, -0.1) is 0 Å². The Kier molecular flexibility index (Phi) is 17.0. The number of unbranched alkanes of at least 4 members (excludes halogenated alkanes) is 8. The Morgan fingerprint density at radius 3 is 1.52 bits per heavy atom. The molecule has 6 heteroatoms. The largest absolute Gasteiger partial charge is 0.496 e. The van der Waals surface area contributed by atoms with E-state index in [2.05, 4.69) is 113 Å². The van der Waals surface area contributed by atoms with Crippen LogP contribution >= 0.6 is 0 Å². The van der Waals surface area contributed by atoms with Crippen molar-refractivity contribution < 1.29 is 18.4 Å². The van der Waals surface area contributed by atoms with E-state index >= 15 is 0 Å². The molecule has 0 saturated heterocycles. The van der Waals surface area contributed by atoms with E-state index in [1.54, 1.807) is 7.11 Å². The average molecular weight is 725 g/mol. The van der Waals surface area contributed by atoms with E-state index in [0.717, 1.165) is 17.7 Å². The van der Waals surface area contributed by atoms with Crippen molar-refractivity contribution in [1.82, 2.24) is 0 Å². The SMILES string of the molecule is CCCC[Si](C)(C)O[Si](C)(C)CCCCCCCCCCC(c1cc(C(C)(C)C)c(OC)cc1C)c1cc(C(C)(C)C)c(OC(C)=O)cc1C. The van der Waals surface area contributed by atoms with Gasteiger partial charge >= 0.3 is 5.97 Å². The minimum absolute atomic E-state index is 0.0406. The quantitative estimate of drug-likeness (QED) is 0.0590. The lowest BCUT2D eigenvalue weighted by Gasteiger charge is -2.34. The third-order valence-corrected chi connectivity index (χ3v) is 17.8. The molecule has 0 N–H and O–H groups in total. The molecule has 4 nitrogen and oxygen atoms in total. The van der Waals surface area contributed by atoms with Crippen molar-refractivity contribution in [3.63, 3.8) is 0 Å². The zero-order chi connectivity index (χ0) is 37.9. The molecule has 0 aliphatic heterocycles. The highest BCUT2D eigenvalue weighted by atomic mass is 28.4. The summed E-state index contributed by atoms with van der Waals surface area (Å²) >= 11 is 0. The first kappa shape index (κ1) is 44.3. The van der Waals surface area contributed by atoms with Gasteiger partial charge in [0.2, 0.25) is 0 Å². The van der Waals surface area contributed by atoms with Gasteiger partial charge in [-0.1, -0.05) is 125 Å². The normalized spacial score (nSPS) is 13.4. The summed E-state index contributed by atoms with van der Waals surface area (Å²) in [5, 5.41) is 0. The van der Waals surface area contributed by atoms with Crippen LogP contribution in [0.1, 0.15) is 165 Å². The summed E-state index contributed by atoms with van der Waals surface area (Å²) in [5.41, 5.74) is 7.29. The smallest absolute Gasteiger partial charge is 0.308 e. The van der Waals surface area contributed by atoms with Crippen LogP contribution < -0.4 is 9.47 Å². The van der Waals surface area contributed by atoms with Crippen molar-refractivity contribution in [2.75, 3.05) is 7.11 Å². The number of carbonyl (C=O) groups is 1. The van der Waals surface area contributed by atoms with Gasteiger partial charge in [0.05, 0.1) is 7.11 Å². The van der Waals surface area contributed by atoms with Crippen molar-refractivity contribution in [2.45, 2.75) is 195 Å². The van der Waals surface area contributed by atoms with Gasteiger partial charge in [-0.3, -0.25) is 4.79 Å². The van der Waals surface area contributed by atoms with Crippen molar-refractivity contribution >= 4 is 22.6 Å². The lowest BCUT2D eigenvalue weighted by Crippen LogP contribution is -2.44. The number of benzene rings is 2. The second kappa shape index (κ2) is 19.3. The van der Waals surface area contributed by atoms with Gasteiger partial charge in [0, 0.05) is 18.4 Å². The van der Waals surface area contributed by atoms with Gasteiger partial charge in [-0.05, 0) is 109 Å². The number of methoxy groups -OCH3 is 1. The van der Waals surface area contributed by atoms with E-state index in [4.69, 9.17) is 13.6 Å². The first-order valence-electron chi connectivity index (χ1n) is 19.8. The van der Waals surface area contributed by atoms with Crippen molar-refractivity contribution in [2.24, 2.45) is 0 Å². The fourth-order valence-electron chi connectivity index (χ4n) is 7.62. The molecule has 0 radical (unpaired) electrons. The van der Waals surface area contributed by atoms with E-state index in [0.29, 0.717) is 5.75 Å². The first-order valence-corrected chi connectivity index (χ1v) is 26.1. The number of esters is 1. The van der Waals surface area contributed by atoms with Crippen LogP contribution in [0.4, 0.5) is 0 Å². The highest BCUT2D eigenvalue weighted by Crippen LogP contribution is 2.43. The Morgan fingerprint density at radius 1 is 0.660 bits per heavy atom. The summed E-state index contributed by atoms with van der Waals surface area (Å²) in [4.78, 5) is 12.1. The predicted molar refractivity (Wildman–Crippen MR) is 222 cm³/mol. The topological polar surface area (TPSA) is 44.8 Å². The third-order valence-electron chi connectivity index (χ3n) is 10.3.